The van der Waals surface area contributed by atoms with Gasteiger partial charge in [-0.2, -0.15) is 13.2 Å². The largest absolute Gasteiger partial charge is 0.471 e. The van der Waals surface area contributed by atoms with E-state index in [1.54, 1.807) is 19.1 Å². The van der Waals surface area contributed by atoms with Gasteiger partial charge in [0.25, 0.3) is 0 Å². The highest BCUT2D eigenvalue weighted by Gasteiger charge is 2.67. The molecule has 0 unspecified atom stereocenters. The molecule has 158 valence electrons. The van der Waals surface area contributed by atoms with Crippen LogP contribution in [0.3, 0.4) is 0 Å². The number of para-hydroxylation sites is 1. The fourth-order valence-electron chi connectivity index (χ4n) is 5.78. The van der Waals surface area contributed by atoms with Gasteiger partial charge in [-0.25, -0.2) is 0 Å². The number of allylic oxidation sites excluding steroid dienone is 2. The van der Waals surface area contributed by atoms with Gasteiger partial charge in [-0.3, -0.25) is 24.2 Å². The summed E-state index contributed by atoms with van der Waals surface area (Å²) in [4.78, 5) is 40.0. The minimum Gasteiger partial charge on any atom is -0.286 e. The van der Waals surface area contributed by atoms with Crippen LogP contribution in [0.25, 0.3) is 0 Å². The van der Waals surface area contributed by atoms with E-state index in [0.717, 1.165) is 11.3 Å². The fraction of sp³-hybridized carbons (Fsp3) is 0.500. The zero-order valence-corrected chi connectivity index (χ0v) is 16.3. The van der Waals surface area contributed by atoms with Crippen LogP contribution < -0.4 is 4.90 Å². The summed E-state index contributed by atoms with van der Waals surface area (Å²) in [5.74, 6) is -3.28. The van der Waals surface area contributed by atoms with Crippen LogP contribution in [0.1, 0.15) is 18.9 Å². The highest BCUT2D eigenvalue weighted by Crippen LogP contribution is 2.65. The fourth-order valence-corrected chi connectivity index (χ4v) is 5.78. The van der Waals surface area contributed by atoms with Crippen molar-refractivity contribution in [1.29, 1.82) is 0 Å². The number of aryl methyl sites for hydroxylation is 1. The quantitative estimate of drug-likeness (QED) is 0.558. The maximum Gasteiger partial charge on any atom is 0.471 e. The van der Waals surface area contributed by atoms with Gasteiger partial charge in [0, 0.05) is 5.69 Å². The third-order valence-corrected chi connectivity index (χ3v) is 7.19. The molecule has 5 aliphatic rings. The Hall–Kier alpha value is -2.64. The molecule has 0 aromatic heterocycles. The Morgan fingerprint density at radius 1 is 1.07 bits per heavy atom. The summed E-state index contributed by atoms with van der Waals surface area (Å²) in [5.41, 5.74) is 0.608. The SMILES string of the molecule is CCc1ccccc1N(CN1C(=O)[C@@H]2[C@H]3C=C[C@@H]([C@@H]4C[C@@H]34)[C@@H]2C1=O)C(=O)C(F)(F)F. The smallest absolute Gasteiger partial charge is 0.286 e. The van der Waals surface area contributed by atoms with Crippen LogP contribution in [0.5, 0.6) is 0 Å². The molecule has 0 spiro atoms. The monoisotopic (exact) mass is 418 g/mol. The van der Waals surface area contributed by atoms with Gasteiger partial charge in [-0.05, 0) is 48.1 Å². The van der Waals surface area contributed by atoms with E-state index in [1.165, 1.54) is 12.1 Å². The summed E-state index contributed by atoms with van der Waals surface area (Å²) in [6, 6.07) is 6.27. The lowest BCUT2D eigenvalue weighted by atomic mass is 9.63. The first-order valence-corrected chi connectivity index (χ1v) is 10.2. The van der Waals surface area contributed by atoms with Crippen molar-refractivity contribution in [3.05, 3.63) is 42.0 Å². The third kappa shape index (κ3) is 2.65. The van der Waals surface area contributed by atoms with Crippen LogP contribution in [0.15, 0.2) is 36.4 Å². The number of halogens is 3. The van der Waals surface area contributed by atoms with E-state index < -0.39 is 42.4 Å². The van der Waals surface area contributed by atoms with Gasteiger partial charge in [-0.1, -0.05) is 37.3 Å². The number of hydrogen-bond acceptors (Lipinski definition) is 3. The molecule has 1 aliphatic heterocycles. The third-order valence-electron chi connectivity index (χ3n) is 7.19. The molecule has 3 fully saturated rings. The number of carbonyl (C=O) groups excluding carboxylic acids is 3. The number of likely N-dealkylation sites (tertiary alicyclic amines) is 1. The van der Waals surface area contributed by atoms with Crippen molar-refractivity contribution in [2.45, 2.75) is 25.9 Å². The normalized spacial score (nSPS) is 33.5. The first kappa shape index (κ1) is 19.3. The lowest BCUT2D eigenvalue weighted by Crippen LogP contribution is -2.49. The summed E-state index contributed by atoms with van der Waals surface area (Å²) < 4.78 is 40.2. The standard InChI is InChI=1S/C22H21F3N2O3/c1-2-11-5-3-4-6-16(11)26(21(30)22(23,24)25)10-27-19(28)17-12-7-8-13(15-9-14(12)15)18(17)20(27)29/h3-8,12-15,17-18H,2,9-10H2,1H3/t12-,13-,14-,15-,17-,18+/m0/s1. The number of alkyl halides is 3. The molecule has 2 saturated carbocycles. The molecule has 1 heterocycles. The van der Waals surface area contributed by atoms with Gasteiger partial charge in [0.1, 0.15) is 6.67 Å². The first-order chi connectivity index (χ1) is 14.2. The molecule has 5 nitrogen and oxygen atoms in total. The van der Waals surface area contributed by atoms with E-state index in [0.29, 0.717) is 28.7 Å². The molecule has 4 aliphatic carbocycles. The highest BCUT2D eigenvalue weighted by atomic mass is 19.4. The molecule has 0 N–H and O–H groups in total. The molecule has 8 heteroatoms. The van der Waals surface area contributed by atoms with Gasteiger partial charge in [0.15, 0.2) is 0 Å². The molecule has 0 radical (unpaired) electrons. The molecule has 3 amide bonds. The second-order valence-electron chi connectivity index (χ2n) is 8.61. The van der Waals surface area contributed by atoms with E-state index in [2.05, 4.69) is 0 Å². The summed E-state index contributed by atoms with van der Waals surface area (Å²) in [5, 5.41) is 0. The number of amides is 3. The summed E-state index contributed by atoms with van der Waals surface area (Å²) in [6.45, 7) is 1.06. The number of nitrogens with zero attached hydrogens (tertiary/aromatic N) is 2. The van der Waals surface area contributed by atoms with E-state index in [4.69, 9.17) is 0 Å². The molecule has 1 aromatic carbocycles. The molecule has 6 atom stereocenters. The van der Waals surface area contributed by atoms with E-state index >= 15 is 0 Å². The number of imide groups is 1. The number of anilines is 1. The Balaban J connectivity index is 1.49. The van der Waals surface area contributed by atoms with Gasteiger partial charge in [-0.15, -0.1) is 0 Å². The van der Waals surface area contributed by atoms with Crippen molar-refractivity contribution in [3.63, 3.8) is 0 Å². The topological polar surface area (TPSA) is 57.7 Å². The van der Waals surface area contributed by atoms with Crippen LogP contribution >= 0.6 is 0 Å². The molecule has 6 rings (SSSR count). The van der Waals surface area contributed by atoms with Crippen LogP contribution in [0.4, 0.5) is 18.9 Å². The molecule has 1 saturated heterocycles. The maximum atomic E-state index is 13.4. The maximum absolute atomic E-state index is 13.4. The number of hydrogen-bond donors (Lipinski definition) is 0. The van der Waals surface area contributed by atoms with Crippen LogP contribution in [-0.4, -0.2) is 35.5 Å². The Bertz CT molecular complexity index is 937. The lowest BCUT2D eigenvalue weighted by molar-refractivity contribution is -0.171. The predicted molar refractivity (Wildman–Crippen MR) is 101 cm³/mol. The predicted octanol–water partition coefficient (Wildman–Crippen LogP) is 3.15. The van der Waals surface area contributed by atoms with Crippen molar-refractivity contribution in [2.24, 2.45) is 35.5 Å². The van der Waals surface area contributed by atoms with Crippen LogP contribution in [0, 0.1) is 35.5 Å². The van der Waals surface area contributed by atoms with Crippen molar-refractivity contribution >= 4 is 23.4 Å². The first-order valence-electron chi connectivity index (χ1n) is 10.2. The molecule has 2 bridgehead atoms. The van der Waals surface area contributed by atoms with Crippen LogP contribution in [0.2, 0.25) is 0 Å². The summed E-state index contributed by atoms with van der Waals surface area (Å²) in [7, 11) is 0. The second kappa shape index (κ2) is 6.43. The highest BCUT2D eigenvalue weighted by molar-refractivity contribution is 6.07. The summed E-state index contributed by atoms with van der Waals surface area (Å²) >= 11 is 0. The lowest BCUT2D eigenvalue weighted by Gasteiger charge is -2.37. The Morgan fingerprint density at radius 2 is 1.63 bits per heavy atom. The minimum atomic E-state index is -5.12. The second-order valence-corrected chi connectivity index (χ2v) is 8.61. The van der Waals surface area contributed by atoms with Gasteiger partial charge < -0.3 is 0 Å². The summed E-state index contributed by atoms with van der Waals surface area (Å²) in [6.07, 6.45) is 0.280. The number of carbonyl (C=O) groups is 3. The Labute approximate surface area is 171 Å². The number of benzene rings is 1. The van der Waals surface area contributed by atoms with Crippen molar-refractivity contribution in [3.8, 4) is 0 Å². The van der Waals surface area contributed by atoms with Crippen LogP contribution in [-0.2, 0) is 20.8 Å². The van der Waals surface area contributed by atoms with E-state index in [9.17, 15) is 27.6 Å². The van der Waals surface area contributed by atoms with E-state index in [1.807, 2.05) is 12.2 Å². The zero-order valence-electron chi connectivity index (χ0n) is 16.3. The van der Waals surface area contributed by atoms with Gasteiger partial charge >= 0.3 is 12.1 Å². The molecular formula is C22H21F3N2O3. The Kier molecular flexibility index (Phi) is 4.14. The van der Waals surface area contributed by atoms with Crippen molar-refractivity contribution in [2.75, 3.05) is 11.6 Å². The van der Waals surface area contributed by atoms with E-state index in [-0.39, 0.29) is 17.5 Å². The number of rotatable bonds is 4. The average Bonchev–Trinajstić information content (AvgIpc) is 3.51. The van der Waals surface area contributed by atoms with Gasteiger partial charge in [0.05, 0.1) is 11.8 Å². The molecule has 1 aromatic rings. The minimum absolute atomic E-state index is 0.0267. The Morgan fingerprint density at radius 3 is 2.17 bits per heavy atom. The van der Waals surface area contributed by atoms with Crippen molar-refractivity contribution < 1.29 is 27.6 Å². The average molecular weight is 418 g/mol. The van der Waals surface area contributed by atoms with Crippen molar-refractivity contribution in [1.82, 2.24) is 4.90 Å². The molecular weight excluding hydrogens is 397 g/mol. The zero-order chi connectivity index (χ0) is 21.4. The van der Waals surface area contributed by atoms with Gasteiger partial charge in [0.2, 0.25) is 11.8 Å². The molecule has 30 heavy (non-hydrogen) atoms.